The predicted octanol–water partition coefficient (Wildman–Crippen LogP) is 1.79. The molecule has 2 N–H and O–H groups in total. The Balaban J connectivity index is 2.04. The van der Waals surface area contributed by atoms with E-state index in [0.717, 1.165) is 5.56 Å². The first-order chi connectivity index (χ1) is 8.16. The highest BCUT2D eigenvalue weighted by molar-refractivity contribution is 5.87. The second-order valence-electron chi connectivity index (χ2n) is 4.18. The van der Waals surface area contributed by atoms with Crippen LogP contribution in [-0.4, -0.2) is 34.2 Å². The highest BCUT2D eigenvalue weighted by Crippen LogP contribution is 2.17. The van der Waals surface area contributed by atoms with Crippen molar-refractivity contribution in [3.05, 3.63) is 47.2 Å². The molecule has 0 saturated heterocycles. The van der Waals surface area contributed by atoms with E-state index >= 15 is 0 Å². The lowest BCUT2D eigenvalue weighted by Gasteiger charge is -2.27. The first-order valence-corrected chi connectivity index (χ1v) is 5.57. The van der Waals surface area contributed by atoms with Crippen molar-refractivity contribution >= 4 is 5.97 Å². The number of carbonyl (C=O) groups is 1. The topological polar surface area (TPSA) is 60.8 Å². The Hall–Kier alpha value is -1.81. The molecule has 1 heterocycles. The lowest BCUT2D eigenvalue weighted by Crippen LogP contribution is -2.33. The molecule has 4 heteroatoms. The van der Waals surface area contributed by atoms with Gasteiger partial charge in [-0.25, -0.2) is 4.79 Å². The van der Waals surface area contributed by atoms with Crippen LogP contribution < -0.4 is 0 Å². The van der Waals surface area contributed by atoms with Crippen LogP contribution in [0.15, 0.2) is 41.7 Å². The van der Waals surface area contributed by atoms with E-state index in [2.05, 4.69) is 0 Å². The maximum atomic E-state index is 10.9. The summed E-state index contributed by atoms with van der Waals surface area (Å²) in [5, 5.41) is 18.4. The summed E-state index contributed by atoms with van der Waals surface area (Å²) >= 11 is 0. The second-order valence-corrected chi connectivity index (χ2v) is 4.18. The number of aliphatic hydroxyl groups excluding tert-OH is 1. The molecule has 0 radical (unpaired) electrons. The molecule has 4 nitrogen and oxygen atoms in total. The summed E-state index contributed by atoms with van der Waals surface area (Å²) in [5.41, 5.74) is 1.27. The number of aliphatic carboxylic acids is 1. The van der Waals surface area contributed by atoms with Crippen molar-refractivity contribution in [3.8, 4) is 0 Å². The van der Waals surface area contributed by atoms with E-state index in [1.54, 1.807) is 0 Å². The summed E-state index contributed by atoms with van der Waals surface area (Å²) < 4.78 is 0. The Morgan fingerprint density at radius 2 is 2.00 bits per heavy atom. The summed E-state index contributed by atoms with van der Waals surface area (Å²) in [6.07, 6.45) is 0.411. The Morgan fingerprint density at radius 1 is 1.29 bits per heavy atom. The van der Waals surface area contributed by atoms with Crippen molar-refractivity contribution in [1.29, 1.82) is 0 Å². The Labute approximate surface area is 99.8 Å². The molecule has 2 rings (SSSR count). The SMILES string of the molecule is O=C(O)C1=C(O)CCN(Cc2ccccc2)C1. The fraction of sp³-hybridized carbons (Fsp3) is 0.308. The van der Waals surface area contributed by atoms with Crippen molar-refractivity contribution in [2.75, 3.05) is 13.1 Å². The predicted molar refractivity (Wildman–Crippen MR) is 63.6 cm³/mol. The van der Waals surface area contributed by atoms with Gasteiger partial charge in [0.15, 0.2) is 0 Å². The van der Waals surface area contributed by atoms with Gasteiger partial charge in [-0.3, -0.25) is 4.90 Å². The average Bonchev–Trinajstić information content (AvgIpc) is 2.32. The van der Waals surface area contributed by atoms with Crippen molar-refractivity contribution < 1.29 is 15.0 Å². The van der Waals surface area contributed by atoms with Crippen LogP contribution in [0.3, 0.4) is 0 Å². The van der Waals surface area contributed by atoms with E-state index in [9.17, 15) is 9.90 Å². The summed E-state index contributed by atoms with van der Waals surface area (Å²) in [5.74, 6) is -1.01. The van der Waals surface area contributed by atoms with Crippen molar-refractivity contribution in [2.45, 2.75) is 13.0 Å². The molecule has 90 valence electrons. The van der Waals surface area contributed by atoms with Gasteiger partial charge in [0, 0.05) is 26.1 Å². The molecular formula is C13H15NO3. The van der Waals surface area contributed by atoms with Gasteiger partial charge in [0.05, 0.1) is 5.57 Å². The standard InChI is InChI=1S/C13H15NO3/c15-12-6-7-14(9-11(12)13(16)17)8-10-4-2-1-3-5-10/h1-5,15H,6-9H2,(H,16,17). The first kappa shape index (κ1) is 11.7. The average molecular weight is 233 g/mol. The van der Waals surface area contributed by atoms with Gasteiger partial charge in [-0.2, -0.15) is 0 Å². The molecule has 0 unspecified atom stereocenters. The number of carboxylic acid groups (broad SMARTS) is 1. The minimum atomic E-state index is -1.03. The van der Waals surface area contributed by atoms with Crippen LogP contribution in [0.4, 0.5) is 0 Å². The smallest absolute Gasteiger partial charge is 0.336 e. The molecule has 1 aromatic carbocycles. The maximum absolute atomic E-state index is 10.9. The number of rotatable bonds is 3. The molecule has 0 aliphatic carbocycles. The van der Waals surface area contributed by atoms with Gasteiger partial charge in [0.25, 0.3) is 0 Å². The fourth-order valence-corrected chi connectivity index (χ4v) is 1.98. The van der Waals surface area contributed by atoms with Crippen LogP contribution in [0.1, 0.15) is 12.0 Å². The summed E-state index contributed by atoms with van der Waals surface area (Å²) in [7, 11) is 0. The van der Waals surface area contributed by atoms with Gasteiger partial charge in [-0.15, -0.1) is 0 Å². The van der Waals surface area contributed by atoms with E-state index < -0.39 is 5.97 Å². The highest BCUT2D eigenvalue weighted by Gasteiger charge is 2.23. The van der Waals surface area contributed by atoms with Gasteiger partial charge in [-0.1, -0.05) is 30.3 Å². The molecule has 0 bridgehead atoms. The summed E-state index contributed by atoms with van der Waals surface area (Å²) in [4.78, 5) is 12.9. The van der Waals surface area contributed by atoms with Crippen LogP contribution in [0, 0.1) is 0 Å². The monoisotopic (exact) mass is 233 g/mol. The van der Waals surface area contributed by atoms with Crippen molar-refractivity contribution in [3.63, 3.8) is 0 Å². The van der Waals surface area contributed by atoms with Gasteiger partial charge in [0.2, 0.25) is 0 Å². The largest absolute Gasteiger partial charge is 0.512 e. The van der Waals surface area contributed by atoms with Crippen LogP contribution in [0.2, 0.25) is 0 Å². The van der Waals surface area contributed by atoms with Gasteiger partial charge in [-0.05, 0) is 5.56 Å². The Bertz CT molecular complexity index is 439. The molecule has 0 amide bonds. The highest BCUT2D eigenvalue weighted by atomic mass is 16.4. The van der Waals surface area contributed by atoms with E-state index in [4.69, 9.17) is 5.11 Å². The minimum Gasteiger partial charge on any atom is -0.512 e. The first-order valence-electron chi connectivity index (χ1n) is 5.57. The number of hydrogen-bond donors (Lipinski definition) is 2. The van der Waals surface area contributed by atoms with Crippen LogP contribution in [-0.2, 0) is 11.3 Å². The maximum Gasteiger partial charge on any atom is 0.336 e. The molecule has 1 aromatic rings. The Morgan fingerprint density at radius 3 is 2.65 bits per heavy atom. The number of carboxylic acids is 1. The van der Waals surface area contributed by atoms with Crippen molar-refractivity contribution in [2.24, 2.45) is 0 Å². The zero-order chi connectivity index (χ0) is 12.3. The molecular weight excluding hydrogens is 218 g/mol. The summed E-state index contributed by atoms with van der Waals surface area (Å²) in [6.45, 7) is 1.71. The number of benzene rings is 1. The molecule has 0 spiro atoms. The van der Waals surface area contributed by atoms with Gasteiger partial charge < -0.3 is 10.2 Å². The lowest BCUT2D eigenvalue weighted by molar-refractivity contribution is -0.133. The molecule has 1 aliphatic heterocycles. The number of nitrogens with zero attached hydrogens (tertiary/aromatic N) is 1. The molecule has 0 fully saturated rings. The lowest BCUT2D eigenvalue weighted by atomic mass is 10.1. The molecule has 0 aromatic heterocycles. The normalized spacial score (nSPS) is 17.2. The molecule has 17 heavy (non-hydrogen) atoms. The van der Waals surface area contributed by atoms with E-state index in [1.807, 2.05) is 35.2 Å². The fourth-order valence-electron chi connectivity index (χ4n) is 1.98. The quantitative estimate of drug-likeness (QED) is 0.835. The second kappa shape index (κ2) is 5.01. The third kappa shape index (κ3) is 2.85. The van der Waals surface area contributed by atoms with Crippen molar-refractivity contribution in [1.82, 2.24) is 4.90 Å². The zero-order valence-corrected chi connectivity index (χ0v) is 9.47. The Kier molecular flexibility index (Phi) is 3.44. The molecule has 0 saturated carbocycles. The third-order valence-corrected chi connectivity index (χ3v) is 2.90. The van der Waals surface area contributed by atoms with Crippen LogP contribution >= 0.6 is 0 Å². The van der Waals surface area contributed by atoms with Crippen LogP contribution in [0.5, 0.6) is 0 Å². The van der Waals surface area contributed by atoms with Gasteiger partial charge in [0.1, 0.15) is 5.76 Å². The van der Waals surface area contributed by atoms with E-state index in [-0.39, 0.29) is 11.3 Å². The van der Waals surface area contributed by atoms with E-state index in [0.29, 0.717) is 26.1 Å². The number of aliphatic hydroxyl groups is 1. The summed E-state index contributed by atoms with van der Waals surface area (Å²) in [6, 6.07) is 9.90. The minimum absolute atomic E-state index is 0.0156. The number of hydrogen-bond acceptors (Lipinski definition) is 3. The van der Waals surface area contributed by atoms with Gasteiger partial charge >= 0.3 is 5.97 Å². The zero-order valence-electron chi connectivity index (χ0n) is 9.47. The molecule has 1 aliphatic rings. The third-order valence-electron chi connectivity index (χ3n) is 2.90. The van der Waals surface area contributed by atoms with Crippen LogP contribution in [0.25, 0.3) is 0 Å². The van der Waals surface area contributed by atoms with E-state index in [1.165, 1.54) is 0 Å². The molecule has 0 atom stereocenters.